The summed E-state index contributed by atoms with van der Waals surface area (Å²) in [7, 11) is 0. The lowest BCUT2D eigenvalue weighted by atomic mass is 10.2. The Balaban J connectivity index is 2.38. The van der Waals surface area contributed by atoms with Crippen LogP contribution in [0.5, 0.6) is 0 Å². The Hall–Kier alpha value is -1.04. The van der Waals surface area contributed by atoms with Crippen LogP contribution < -0.4 is 0 Å². The van der Waals surface area contributed by atoms with Crippen LogP contribution in [0.25, 0.3) is 0 Å². The molecule has 70 valence electrons. The molecule has 0 bridgehead atoms. The third-order valence-electron chi connectivity index (χ3n) is 2.01. The molecule has 0 heteroatoms. The molecule has 0 saturated heterocycles. The van der Waals surface area contributed by atoms with Crippen LogP contribution in [0, 0.1) is 0 Å². The Labute approximate surface area is 81.4 Å². The number of allylic oxidation sites excluding steroid dienone is 8. The Morgan fingerprint density at radius 1 is 0.462 bits per heavy atom. The number of rotatable bonds is 0. The molecule has 0 saturated carbocycles. The third-order valence-corrected chi connectivity index (χ3v) is 2.01. The molecule has 0 fully saturated rings. The maximum atomic E-state index is 2.30. The lowest BCUT2D eigenvalue weighted by molar-refractivity contribution is 0.863. The minimum atomic E-state index is 1.16. The van der Waals surface area contributed by atoms with Crippen LogP contribution in [-0.2, 0) is 0 Å². The molecule has 1 aliphatic carbocycles. The highest BCUT2D eigenvalue weighted by molar-refractivity contribution is 5.11. The summed E-state index contributed by atoms with van der Waals surface area (Å²) in [5.41, 5.74) is 0. The molecule has 0 unspecified atom stereocenters. The first-order valence-corrected chi connectivity index (χ1v) is 5.13. The normalized spacial score (nSPS) is 26.5. The van der Waals surface area contributed by atoms with Gasteiger partial charge in [-0.1, -0.05) is 48.6 Å². The van der Waals surface area contributed by atoms with E-state index in [0.29, 0.717) is 0 Å². The maximum Gasteiger partial charge on any atom is -0.0313 e. The molecule has 0 atom stereocenters. The van der Waals surface area contributed by atoms with E-state index in [1.807, 2.05) is 0 Å². The van der Waals surface area contributed by atoms with Gasteiger partial charge in [-0.15, -0.1) is 0 Å². The van der Waals surface area contributed by atoms with Gasteiger partial charge in [0, 0.05) is 0 Å². The van der Waals surface area contributed by atoms with Gasteiger partial charge in [0.05, 0.1) is 0 Å². The quantitative estimate of drug-likeness (QED) is 0.483. The van der Waals surface area contributed by atoms with Crippen molar-refractivity contribution >= 4 is 0 Å². The fraction of sp³-hybridized carbons (Fsp3) is 0.385. The molecule has 0 radical (unpaired) electrons. The third kappa shape index (κ3) is 6.15. The highest BCUT2D eigenvalue weighted by Crippen LogP contribution is 2.01. The summed E-state index contributed by atoms with van der Waals surface area (Å²) >= 11 is 0. The molecule has 0 aromatic heterocycles. The van der Waals surface area contributed by atoms with Crippen LogP contribution in [0.2, 0.25) is 0 Å². The highest BCUT2D eigenvalue weighted by atomic mass is 13.9. The van der Waals surface area contributed by atoms with Crippen molar-refractivity contribution in [2.45, 2.75) is 32.1 Å². The van der Waals surface area contributed by atoms with Crippen LogP contribution in [-0.4, -0.2) is 0 Å². The van der Waals surface area contributed by atoms with Crippen molar-refractivity contribution in [2.24, 2.45) is 0 Å². The fourth-order valence-electron chi connectivity index (χ4n) is 1.26. The molecule has 1 aliphatic rings. The molecule has 0 aromatic carbocycles. The van der Waals surface area contributed by atoms with Gasteiger partial charge in [0.2, 0.25) is 0 Å². The van der Waals surface area contributed by atoms with E-state index in [4.69, 9.17) is 0 Å². The molecule has 0 N–H and O–H groups in total. The van der Waals surface area contributed by atoms with Crippen LogP contribution in [0.15, 0.2) is 48.6 Å². The van der Waals surface area contributed by atoms with Crippen molar-refractivity contribution in [1.82, 2.24) is 0 Å². The van der Waals surface area contributed by atoms with Crippen LogP contribution in [0.1, 0.15) is 32.1 Å². The first-order valence-electron chi connectivity index (χ1n) is 5.13. The monoisotopic (exact) mass is 174 g/mol. The van der Waals surface area contributed by atoms with Crippen LogP contribution in [0.4, 0.5) is 0 Å². The largest absolute Gasteiger partial charge is 0.0885 e. The van der Waals surface area contributed by atoms with Crippen LogP contribution >= 0.6 is 0 Å². The van der Waals surface area contributed by atoms with E-state index >= 15 is 0 Å². The standard InChI is InChI=1S/C13H18/c1-2-4-6-8-10-12-13-11-9-7-5-3-1/h1-6,11,13H,7-10,12H2/b2-1-,5-3+,6-4+,13-11?. The molecular formula is C13H18. The van der Waals surface area contributed by atoms with Crippen molar-refractivity contribution in [3.05, 3.63) is 48.6 Å². The van der Waals surface area contributed by atoms with Crippen molar-refractivity contribution in [3.8, 4) is 0 Å². The second-order valence-electron chi connectivity index (χ2n) is 3.22. The molecule has 0 spiro atoms. The molecule has 0 aliphatic heterocycles. The van der Waals surface area contributed by atoms with Crippen molar-refractivity contribution in [2.75, 3.05) is 0 Å². The smallest absolute Gasteiger partial charge is 0.0313 e. The minimum absolute atomic E-state index is 1.16. The average molecular weight is 174 g/mol. The van der Waals surface area contributed by atoms with E-state index in [-0.39, 0.29) is 0 Å². The zero-order chi connectivity index (χ0) is 9.19. The summed E-state index contributed by atoms with van der Waals surface area (Å²) < 4.78 is 0. The van der Waals surface area contributed by atoms with E-state index in [1.165, 1.54) is 25.7 Å². The molecule has 0 heterocycles. The van der Waals surface area contributed by atoms with Gasteiger partial charge in [0.15, 0.2) is 0 Å². The van der Waals surface area contributed by atoms with Gasteiger partial charge in [-0.05, 0) is 32.1 Å². The average Bonchev–Trinajstić information content (AvgIpc) is 2.18. The van der Waals surface area contributed by atoms with E-state index in [2.05, 4.69) is 48.6 Å². The zero-order valence-electron chi connectivity index (χ0n) is 8.15. The molecule has 13 heavy (non-hydrogen) atoms. The second kappa shape index (κ2) is 7.60. The summed E-state index contributed by atoms with van der Waals surface area (Å²) in [4.78, 5) is 0. The Kier molecular flexibility index (Phi) is 5.87. The van der Waals surface area contributed by atoms with Gasteiger partial charge in [0.25, 0.3) is 0 Å². The highest BCUT2D eigenvalue weighted by Gasteiger charge is 1.81. The first kappa shape index (κ1) is 10.0. The van der Waals surface area contributed by atoms with Gasteiger partial charge >= 0.3 is 0 Å². The summed E-state index contributed by atoms with van der Waals surface area (Å²) in [6.07, 6.45) is 23.5. The summed E-state index contributed by atoms with van der Waals surface area (Å²) in [5, 5.41) is 0. The van der Waals surface area contributed by atoms with E-state index in [1.54, 1.807) is 0 Å². The van der Waals surface area contributed by atoms with Crippen LogP contribution in [0.3, 0.4) is 0 Å². The molecular weight excluding hydrogens is 156 g/mol. The topological polar surface area (TPSA) is 0 Å². The summed E-state index contributed by atoms with van der Waals surface area (Å²) in [5.74, 6) is 0. The van der Waals surface area contributed by atoms with E-state index in [0.717, 1.165) is 6.42 Å². The zero-order valence-corrected chi connectivity index (χ0v) is 8.15. The lowest BCUT2D eigenvalue weighted by Crippen LogP contribution is -1.69. The molecule has 0 amide bonds. The maximum absolute atomic E-state index is 2.30. The Bertz CT molecular complexity index is 216. The van der Waals surface area contributed by atoms with E-state index in [9.17, 15) is 0 Å². The van der Waals surface area contributed by atoms with Crippen molar-refractivity contribution < 1.29 is 0 Å². The van der Waals surface area contributed by atoms with E-state index < -0.39 is 0 Å². The Morgan fingerprint density at radius 3 is 1.85 bits per heavy atom. The predicted octanol–water partition coefficient (Wildman–Crippen LogP) is 4.18. The second-order valence-corrected chi connectivity index (χ2v) is 3.22. The van der Waals surface area contributed by atoms with Crippen molar-refractivity contribution in [1.29, 1.82) is 0 Å². The van der Waals surface area contributed by atoms with Gasteiger partial charge in [0.1, 0.15) is 0 Å². The summed E-state index contributed by atoms with van der Waals surface area (Å²) in [6.45, 7) is 0. The lowest BCUT2D eigenvalue weighted by Gasteiger charge is -1.89. The SMILES string of the molecule is C1=CCCC/C=C/C=C\C=C\CC1. The first-order chi connectivity index (χ1) is 6.50. The molecule has 1 rings (SSSR count). The van der Waals surface area contributed by atoms with Gasteiger partial charge in [-0.2, -0.15) is 0 Å². The molecule has 0 aromatic rings. The van der Waals surface area contributed by atoms with Gasteiger partial charge in [-0.25, -0.2) is 0 Å². The molecule has 0 nitrogen and oxygen atoms in total. The number of hydrogen-bond donors (Lipinski definition) is 0. The van der Waals surface area contributed by atoms with Gasteiger partial charge < -0.3 is 0 Å². The minimum Gasteiger partial charge on any atom is -0.0885 e. The van der Waals surface area contributed by atoms with Crippen molar-refractivity contribution in [3.63, 3.8) is 0 Å². The predicted molar refractivity (Wildman–Crippen MR) is 59.6 cm³/mol. The number of hydrogen-bond acceptors (Lipinski definition) is 0. The Morgan fingerprint density at radius 2 is 1.00 bits per heavy atom. The van der Waals surface area contributed by atoms with Gasteiger partial charge in [-0.3, -0.25) is 0 Å². The fourth-order valence-corrected chi connectivity index (χ4v) is 1.26. The summed E-state index contributed by atoms with van der Waals surface area (Å²) in [6, 6.07) is 0.